The van der Waals surface area contributed by atoms with Crippen LogP contribution in [0.5, 0.6) is 0 Å². The van der Waals surface area contributed by atoms with Crippen LogP contribution in [0.3, 0.4) is 0 Å². The van der Waals surface area contributed by atoms with E-state index in [1.807, 2.05) is 26.2 Å². The minimum Gasteiger partial charge on any atom is -0.382 e. The minimum atomic E-state index is 0.384. The Hall–Kier alpha value is -1.20. The molecule has 3 rings (SSSR count). The van der Waals surface area contributed by atoms with Gasteiger partial charge >= 0.3 is 0 Å². The number of methoxy groups -OCH3 is 1. The maximum Gasteiger partial charge on any atom is 0.130 e. The quantitative estimate of drug-likeness (QED) is 0.807. The average Bonchev–Trinajstić information content (AvgIpc) is 2.69. The van der Waals surface area contributed by atoms with Crippen LogP contribution in [0.4, 0.5) is 5.69 Å². The smallest absolute Gasteiger partial charge is 0.130 e. The lowest BCUT2D eigenvalue weighted by atomic mass is 9.94. The van der Waals surface area contributed by atoms with Gasteiger partial charge in [0.2, 0.25) is 0 Å². The highest BCUT2D eigenvalue weighted by atomic mass is 16.5. The zero-order valence-electron chi connectivity index (χ0n) is 17.4. The summed E-state index contributed by atoms with van der Waals surface area (Å²) in [5, 5.41) is 0. The van der Waals surface area contributed by atoms with Gasteiger partial charge in [0.15, 0.2) is 0 Å². The third-order valence-corrected chi connectivity index (χ3v) is 5.42. The van der Waals surface area contributed by atoms with Gasteiger partial charge in [0.25, 0.3) is 0 Å². The number of aromatic nitrogens is 2. The monoisotopic (exact) mass is 362 g/mol. The Labute approximate surface area is 160 Å². The van der Waals surface area contributed by atoms with Crippen molar-refractivity contribution in [2.24, 2.45) is 0 Å². The molecule has 0 radical (unpaired) electrons. The van der Waals surface area contributed by atoms with E-state index in [9.17, 15) is 0 Å². The first-order valence-corrected chi connectivity index (χ1v) is 10.3. The lowest BCUT2D eigenvalue weighted by Gasteiger charge is -2.41. The number of nitrogens with zero attached hydrogens (tertiary/aromatic N) is 4. The fourth-order valence-electron chi connectivity index (χ4n) is 3.58. The van der Waals surface area contributed by atoms with Crippen LogP contribution in [-0.2, 0) is 4.74 Å². The summed E-state index contributed by atoms with van der Waals surface area (Å²) >= 11 is 0. The SMILES string of the molecule is CC(C)c1ncc(N2CCN(C3CCCCC3)CC2)cn1.COC(C)C. The molecular weight excluding hydrogens is 324 g/mol. The van der Waals surface area contributed by atoms with Crippen LogP contribution < -0.4 is 4.90 Å². The normalized spacial score (nSPS) is 19.6. The molecule has 0 spiro atoms. The Morgan fingerprint density at radius 2 is 1.46 bits per heavy atom. The van der Waals surface area contributed by atoms with Crippen molar-refractivity contribution in [1.82, 2.24) is 14.9 Å². The Balaban J connectivity index is 0.000000431. The van der Waals surface area contributed by atoms with Gasteiger partial charge < -0.3 is 9.64 Å². The second-order valence-electron chi connectivity index (χ2n) is 8.05. The number of piperazine rings is 1. The van der Waals surface area contributed by atoms with Crippen molar-refractivity contribution in [3.63, 3.8) is 0 Å². The van der Waals surface area contributed by atoms with Gasteiger partial charge in [-0.2, -0.15) is 0 Å². The molecule has 2 aliphatic rings. The van der Waals surface area contributed by atoms with E-state index in [-0.39, 0.29) is 0 Å². The second kappa shape index (κ2) is 10.8. The highest BCUT2D eigenvalue weighted by Crippen LogP contribution is 2.24. The van der Waals surface area contributed by atoms with Crippen molar-refractivity contribution < 1.29 is 4.74 Å². The zero-order chi connectivity index (χ0) is 18.9. The third-order valence-electron chi connectivity index (χ3n) is 5.42. The van der Waals surface area contributed by atoms with E-state index in [0.29, 0.717) is 12.0 Å². The van der Waals surface area contributed by atoms with Crippen LogP contribution in [0.15, 0.2) is 12.4 Å². The lowest BCUT2D eigenvalue weighted by molar-refractivity contribution is 0.134. The maximum absolute atomic E-state index is 4.75. The molecular formula is C21H38N4O. The summed E-state index contributed by atoms with van der Waals surface area (Å²) in [5.41, 5.74) is 1.18. The Morgan fingerprint density at radius 3 is 1.92 bits per heavy atom. The van der Waals surface area contributed by atoms with Crippen molar-refractivity contribution in [1.29, 1.82) is 0 Å². The summed E-state index contributed by atoms with van der Waals surface area (Å²) in [6.45, 7) is 12.9. The molecule has 0 N–H and O–H groups in total. The molecule has 1 aliphatic heterocycles. The lowest BCUT2D eigenvalue weighted by Crippen LogP contribution is -2.50. The van der Waals surface area contributed by atoms with Gasteiger partial charge in [0.1, 0.15) is 5.82 Å². The summed E-state index contributed by atoms with van der Waals surface area (Å²) in [4.78, 5) is 14.1. The molecule has 0 amide bonds. The molecule has 1 saturated carbocycles. The molecule has 26 heavy (non-hydrogen) atoms. The molecule has 1 aromatic heterocycles. The molecule has 1 saturated heterocycles. The largest absolute Gasteiger partial charge is 0.382 e. The summed E-state index contributed by atoms with van der Waals surface area (Å²) in [6.07, 6.45) is 11.5. The molecule has 0 atom stereocenters. The molecule has 1 aromatic rings. The van der Waals surface area contributed by atoms with Gasteiger partial charge in [-0.1, -0.05) is 33.1 Å². The zero-order valence-corrected chi connectivity index (χ0v) is 17.4. The van der Waals surface area contributed by atoms with Crippen molar-refractivity contribution in [3.05, 3.63) is 18.2 Å². The highest BCUT2D eigenvalue weighted by molar-refractivity contribution is 5.42. The number of hydrogen-bond acceptors (Lipinski definition) is 5. The van der Waals surface area contributed by atoms with Crippen LogP contribution in [0.1, 0.15) is 71.5 Å². The molecule has 0 aromatic carbocycles. The molecule has 0 bridgehead atoms. The van der Waals surface area contributed by atoms with Crippen molar-refractivity contribution in [2.75, 3.05) is 38.2 Å². The number of anilines is 1. The third kappa shape index (κ3) is 6.51. The van der Waals surface area contributed by atoms with Gasteiger partial charge in [-0.25, -0.2) is 9.97 Å². The van der Waals surface area contributed by atoms with Crippen LogP contribution >= 0.6 is 0 Å². The summed E-state index contributed by atoms with van der Waals surface area (Å²) < 4.78 is 4.75. The van der Waals surface area contributed by atoms with Gasteiger partial charge in [-0.15, -0.1) is 0 Å². The van der Waals surface area contributed by atoms with Gasteiger partial charge in [0.05, 0.1) is 24.2 Å². The molecule has 1 aliphatic carbocycles. The molecule has 5 nitrogen and oxygen atoms in total. The average molecular weight is 363 g/mol. The number of ether oxygens (including phenoxy) is 1. The van der Waals surface area contributed by atoms with Gasteiger partial charge in [0, 0.05) is 45.2 Å². The molecule has 5 heteroatoms. The van der Waals surface area contributed by atoms with Crippen LogP contribution in [0.25, 0.3) is 0 Å². The summed E-state index contributed by atoms with van der Waals surface area (Å²) in [5.74, 6) is 1.35. The van der Waals surface area contributed by atoms with Crippen molar-refractivity contribution in [2.45, 2.75) is 77.9 Å². The van der Waals surface area contributed by atoms with E-state index in [1.165, 1.54) is 50.9 Å². The predicted molar refractivity (Wildman–Crippen MR) is 109 cm³/mol. The number of rotatable bonds is 4. The summed E-state index contributed by atoms with van der Waals surface area (Å²) in [7, 11) is 1.70. The minimum absolute atomic E-state index is 0.384. The Morgan fingerprint density at radius 1 is 0.923 bits per heavy atom. The van der Waals surface area contributed by atoms with Crippen molar-refractivity contribution in [3.8, 4) is 0 Å². The van der Waals surface area contributed by atoms with E-state index >= 15 is 0 Å². The number of hydrogen-bond donors (Lipinski definition) is 0. The fourth-order valence-corrected chi connectivity index (χ4v) is 3.58. The first-order valence-electron chi connectivity index (χ1n) is 10.3. The van der Waals surface area contributed by atoms with E-state index in [1.54, 1.807) is 7.11 Å². The van der Waals surface area contributed by atoms with E-state index < -0.39 is 0 Å². The highest BCUT2D eigenvalue weighted by Gasteiger charge is 2.25. The maximum atomic E-state index is 4.75. The van der Waals surface area contributed by atoms with Crippen LogP contribution in [-0.4, -0.2) is 60.3 Å². The van der Waals surface area contributed by atoms with Crippen LogP contribution in [0, 0.1) is 0 Å². The first kappa shape index (κ1) is 21.1. The van der Waals surface area contributed by atoms with Gasteiger partial charge in [-0.05, 0) is 26.7 Å². The van der Waals surface area contributed by atoms with E-state index in [0.717, 1.165) is 25.0 Å². The summed E-state index contributed by atoms with van der Waals surface area (Å²) in [6, 6.07) is 0.848. The predicted octanol–water partition coefficient (Wildman–Crippen LogP) is 4.10. The molecule has 148 valence electrons. The molecule has 2 fully saturated rings. The Kier molecular flexibility index (Phi) is 8.79. The van der Waals surface area contributed by atoms with Gasteiger partial charge in [-0.3, -0.25) is 4.90 Å². The van der Waals surface area contributed by atoms with E-state index in [2.05, 4.69) is 33.6 Å². The standard InChI is InChI=1S/C17H28N4.C4H10O/c1-14(2)17-18-12-16(13-19-17)21-10-8-20(9-11-21)15-6-4-3-5-7-15;1-4(2)5-3/h12-15H,3-11H2,1-2H3;4H,1-3H3. The molecule has 0 unspecified atom stereocenters. The topological polar surface area (TPSA) is 41.5 Å². The Bertz CT molecular complexity index is 489. The fraction of sp³-hybridized carbons (Fsp3) is 0.810. The van der Waals surface area contributed by atoms with Crippen molar-refractivity contribution >= 4 is 5.69 Å². The van der Waals surface area contributed by atoms with Crippen LogP contribution in [0.2, 0.25) is 0 Å². The van der Waals surface area contributed by atoms with E-state index in [4.69, 9.17) is 4.74 Å². The second-order valence-corrected chi connectivity index (χ2v) is 8.05. The first-order chi connectivity index (χ1) is 12.5. The molecule has 2 heterocycles.